The Morgan fingerprint density at radius 3 is 2.46 bits per heavy atom. The number of hydrogen-bond donors (Lipinski definition) is 1. The second-order valence-electron chi connectivity index (χ2n) is 4.61. The SMILES string of the molecule is N#Cc1ccc(OCC(=O)OCC(=O)Nc2ccccc2F)cc1. The third kappa shape index (κ3) is 5.10. The third-order valence-electron chi connectivity index (χ3n) is 2.85. The van der Waals surface area contributed by atoms with Gasteiger partial charge in [0.1, 0.15) is 11.6 Å². The average molecular weight is 328 g/mol. The summed E-state index contributed by atoms with van der Waals surface area (Å²) in [6.07, 6.45) is 0. The van der Waals surface area contributed by atoms with Crippen molar-refractivity contribution in [2.45, 2.75) is 0 Å². The van der Waals surface area contributed by atoms with Crippen LogP contribution < -0.4 is 10.1 Å². The number of benzene rings is 2. The number of hydrogen-bond acceptors (Lipinski definition) is 5. The molecule has 0 bridgehead atoms. The monoisotopic (exact) mass is 328 g/mol. The first-order valence-corrected chi connectivity index (χ1v) is 6.91. The number of ether oxygens (including phenoxy) is 2. The van der Waals surface area contributed by atoms with Crippen molar-refractivity contribution in [1.82, 2.24) is 0 Å². The van der Waals surface area contributed by atoms with E-state index in [0.29, 0.717) is 11.3 Å². The van der Waals surface area contributed by atoms with Crippen molar-refractivity contribution in [2.75, 3.05) is 18.5 Å². The van der Waals surface area contributed by atoms with E-state index in [9.17, 15) is 14.0 Å². The van der Waals surface area contributed by atoms with E-state index in [2.05, 4.69) is 5.32 Å². The summed E-state index contributed by atoms with van der Waals surface area (Å²) >= 11 is 0. The molecule has 2 rings (SSSR count). The largest absolute Gasteiger partial charge is 0.482 e. The maximum Gasteiger partial charge on any atom is 0.344 e. The molecule has 24 heavy (non-hydrogen) atoms. The van der Waals surface area contributed by atoms with E-state index in [1.54, 1.807) is 18.2 Å². The highest BCUT2D eigenvalue weighted by Crippen LogP contribution is 2.12. The molecular formula is C17H13FN2O4. The summed E-state index contributed by atoms with van der Waals surface area (Å²) in [6, 6.07) is 13.8. The molecule has 122 valence electrons. The second-order valence-corrected chi connectivity index (χ2v) is 4.61. The quantitative estimate of drug-likeness (QED) is 0.822. The van der Waals surface area contributed by atoms with Gasteiger partial charge in [0.05, 0.1) is 17.3 Å². The van der Waals surface area contributed by atoms with E-state index in [4.69, 9.17) is 14.7 Å². The smallest absolute Gasteiger partial charge is 0.344 e. The van der Waals surface area contributed by atoms with Crippen LogP contribution in [-0.2, 0) is 14.3 Å². The molecule has 0 radical (unpaired) electrons. The van der Waals surface area contributed by atoms with Crippen LogP contribution in [0, 0.1) is 17.1 Å². The van der Waals surface area contributed by atoms with E-state index >= 15 is 0 Å². The van der Waals surface area contributed by atoms with Crippen molar-refractivity contribution < 1.29 is 23.5 Å². The van der Waals surface area contributed by atoms with Crippen LogP contribution in [0.15, 0.2) is 48.5 Å². The van der Waals surface area contributed by atoms with Gasteiger partial charge in [-0.25, -0.2) is 9.18 Å². The molecule has 0 aromatic heterocycles. The molecule has 6 nitrogen and oxygen atoms in total. The lowest BCUT2D eigenvalue weighted by atomic mass is 10.2. The summed E-state index contributed by atoms with van der Waals surface area (Å²) < 4.78 is 23.2. The molecule has 1 amide bonds. The maximum atomic E-state index is 13.3. The number of nitrogens with one attached hydrogen (secondary N) is 1. The Bertz CT molecular complexity index is 769. The van der Waals surface area contributed by atoms with Gasteiger partial charge in [-0.3, -0.25) is 4.79 Å². The highest BCUT2D eigenvalue weighted by molar-refractivity contribution is 5.92. The number of para-hydroxylation sites is 1. The number of nitriles is 1. The molecule has 0 fully saturated rings. The predicted molar refractivity (Wildman–Crippen MR) is 82.6 cm³/mol. The van der Waals surface area contributed by atoms with Gasteiger partial charge < -0.3 is 14.8 Å². The highest BCUT2D eigenvalue weighted by Gasteiger charge is 2.10. The Hall–Kier alpha value is -3.40. The first kappa shape index (κ1) is 17.0. The number of rotatable bonds is 6. The maximum absolute atomic E-state index is 13.3. The molecule has 0 saturated carbocycles. The van der Waals surface area contributed by atoms with E-state index in [0.717, 1.165) is 0 Å². The first-order chi connectivity index (χ1) is 11.6. The summed E-state index contributed by atoms with van der Waals surface area (Å²) in [4.78, 5) is 23.1. The fourth-order valence-corrected chi connectivity index (χ4v) is 1.70. The second kappa shape index (κ2) is 8.29. The lowest BCUT2D eigenvalue weighted by Crippen LogP contribution is -2.24. The molecule has 1 N–H and O–H groups in total. The van der Waals surface area contributed by atoms with Crippen LogP contribution in [0.1, 0.15) is 5.56 Å². The molecule has 0 aliphatic heterocycles. The summed E-state index contributed by atoms with van der Waals surface area (Å²) in [5.74, 6) is -1.60. The van der Waals surface area contributed by atoms with Crippen LogP contribution in [0.4, 0.5) is 10.1 Å². The predicted octanol–water partition coefficient (Wildman–Crippen LogP) is 2.26. The number of carbonyl (C=O) groups excluding carboxylic acids is 2. The number of halogens is 1. The van der Waals surface area contributed by atoms with Crippen molar-refractivity contribution in [3.63, 3.8) is 0 Å². The molecule has 0 aliphatic rings. The van der Waals surface area contributed by atoms with E-state index in [1.165, 1.54) is 30.3 Å². The topological polar surface area (TPSA) is 88.4 Å². The molecule has 0 unspecified atom stereocenters. The third-order valence-corrected chi connectivity index (χ3v) is 2.85. The molecule has 0 aliphatic carbocycles. The van der Waals surface area contributed by atoms with E-state index in [-0.39, 0.29) is 5.69 Å². The van der Waals surface area contributed by atoms with Crippen molar-refractivity contribution in [3.05, 3.63) is 59.9 Å². The van der Waals surface area contributed by atoms with Crippen LogP contribution in [0.3, 0.4) is 0 Å². The molecule has 0 heterocycles. The Labute approximate surface area is 137 Å². The number of anilines is 1. The fraction of sp³-hybridized carbons (Fsp3) is 0.118. The number of esters is 1. The van der Waals surface area contributed by atoms with Gasteiger partial charge in [-0.15, -0.1) is 0 Å². The highest BCUT2D eigenvalue weighted by atomic mass is 19.1. The summed E-state index contributed by atoms with van der Waals surface area (Å²) in [5.41, 5.74) is 0.474. The lowest BCUT2D eigenvalue weighted by Gasteiger charge is -2.08. The molecule has 2 aromatic carbocycles. The summed E-state index contributed by atoms with van der Waals surface area (Å²) in [5, 5.41) is 11.0. The van der Waals surface area contributed by atoms with Crippen molar-refractivity contribution in [3.8, 4) is 11.8 Å². The zero-order chi connectivity index (χ0) is 17.4. The van der Waals surface area contributed by atoms with Gasteiger partial charge >= 0.3 is 5.97 Å². The average Bonchev–Trinajstić information content (AvgIpc) is 2.60. The van der Waals surface area contributed by atoms with E-state index < -0.39 is 30.9 Å². The Morgan fingerprint density at radius 2 is 1.79 bits per heavy atom. The Balaban J connectivity index is 1.73. The summed E-state index contributed by atoms with van der Waals surface area (Å²) in [7, 11) is 0. The van der Waals surface area contributed by atoms with Crippen molar-refractivity contribution in [1.29, 1.82) is 5.26 Å². The van der Waals surface area contributed by atoms with Crippen LogP contribution in [0.5, 0.6) is 5.75 Å². The van der Waals surface area contributed by atoms with Crippen LogP contribution >= 0.6 is 0 Å². The molecule has 0 saturated heterocycles. The number of amides is 1. The zero-order valence-corrected chi connectivity index (χ0v) is 12.5. The van der Waals surface area contributed by atoms with Gasteiger partial charge in [0, 0.05) is 0 Å². The number of carbonyl (C=O) groups is 2. The van der Waals surface area contributed by atoms with Crippen LogP contribution in [0.2, 0.25) is 0 Å². The van der Waals surface area contributed by atoms with Gasteiger partial charge in [0.15, 0.2) is 13.2 Å². The minimum absolute atomic E-state index is 0.00683. The fourth-order valence-electron chi connectivity index (χ4n) is 1.70. The van der Waals surface area contributed by atoms with Gasteiger partial charge in [-0.05, 0) is 36.4 Å². The van der Waals surface area contributed by atoms with Gasteiger partial charge in [-0.1, -0.05) is 12.1 Å². The first-order valence-electron chi connectivity index (χ1n) is 6.91. The molecular weight excluding hydrogens is 315 g/mol. The standard InChI is InChI=1S/C17H13FN2O4/c18-14-3-1-2-4-15(14)20-16(21)10-24-17(22)11-23-13-7-5-12(9-19)6-8-13/h1-8H,10-11H2,(H,20,21). The molecule has 2 aromatic rings. The van der Waals surface area contributed by atoms with Crippen molar-refractivity contribution in [2.24, 2.45) is 0 Å². The summed E-state index contributed by atoms with van der Waals surface area (Å²) in [6.45, 7) is -0.942. The normalized spacial score (nSPS) is 9.67. The zero-order valence-electron chi connectivity index (χ0n) is 12.5. The minimum Gasteiger partial charge on any atom is -0.482 e. The van der Waals surface area contributed by atoms with E-state index in [1.807, 2.05) is 6.07 Å². The molecule has 0 spiro atoms. The number of nitrogens with zero attached hydrogens (tertiary/aromatic N) is 1. The molecule has 0 atom stereocenters. The van der Waals surface area contributed by atoms with Crippen LogP contribution in [-0.4, -0.2) is 25.1 Å². The lowest BCUT2D eigenvalue weighted by molar-refractivity contribution is -0.149. The van der Waals surface area contributed by atoms with Crippen molar-refractivity contribution >= 4 is 17.6 Å². The van der Waals surface area contributed by atoms with Gasteiger partial charge in [0.2, 0.25) is 0 Å². The Morgan fingerprint density at radius 1 is 1.08 bits per heavy atom. The Kier molecular flexibility index (Phi) is 5.86. The van der Waals surface area contributed by atoms with Gasteiger partial charge in [-0.2, -0.15) is 5.26 Å². The minimum atomic E-state index is -0.747. The van der Waals surface area contributed by atoms with Crippen LogP contribution in [0.25, 0.3) is 0 Å². The molecule has 7 heteroatoms. The van der Waals surface area contributed by atoms with Gasteiger partial charge in [0.25, 0.3) is 5.91 Å².